The van der Waals surface area contributed by atoms with Crippen LogP contribution in [0.15, 0.2) is 31.7 Å². The third kappa shape index (κ3) is 3.16. The van der Waals surface area contributed by atoms with Gasteiger partial charge in [0.15, 0.2) is 5.82 Å². The van der Waals surface area contributed by atoms with E-state index in [1.54, 1.807) is 11.3 Å². The summed E-state index contributed by atoms with van der Waals surface area (Å²) in [6, 6.07) is 3.90. The molecule has 3 aromatic heterocycles. The second-order valence-corrected chi connectivity index (χ2v) is 7.00. The maximum Gasteiger partial charge on any atom is 0.277 e. The fraction of sp³-hybridized carbons (Fsp3) is 0.385. The largest absolute Gasteiger partial charge is 0.410 e. The topological polar surface area (TPSA) is 77.8 Å². The number of hydrogen-bond acceptors (Lipinski definition) is 8. The Kier molecular flexibility index (Phi) is 4.07. The van der Waals surface area contributed by atoms with Crippen LogP contribution in [-0.4, -0.2) is 20.3 Å². The molecule has 1 unspecified atom stereocenters. The van der Waals surface area contributed by atoms with Crippen LogP contribution in [0.2, 0.25) is 0 Å². The Bertz CT molecular complexity index is 705. The molecule has 0 N–H and O–H groups in total. The first-order chi connectivity index (χ1) is 10.1. The number of thioether (sulfide) groups is 1. The van der Waals surface area contributed by atoms with Gasteiger partial charge >= 0.3 is 0 Å². The molecular weight excluding hydrogens is 308 g/mol. The molecule has 21 heavy (non-hydrogen) atoms. The number of nitrogens with zero attached hydrogens (tertiary/aromatic N) is 4. The third-order valence-corrected chi connectivity index (χ3v) is 4.52. The molecular formula is C13H14N4O2S2. The van der Waals surface area contributed by atoms with Crippen LogP contribution in [-0.2, 0) is 0 Å². The van der Waals surface area contributed by atoms with Crippen molar-refractivity contribution in [2.75, 3.05) is 0 Å². The van der Waals surface area contributed by atoms with Crippen LogP contribution in [0.25, 0.3) is 10.8 Å². The molecule has 0 radical (unpaired) electrons. The quantitative estimate of drug-likeness (QED) is 0.653. The van der Waals surface area contributed by atoms with Gasteiger partial charge < -0.3 is 8.94 Å². The van der Waals surface area contributed by atoms with Crippen LogP contribution in [0.3, 0.4) is 0 Å². The minimum atomic E-state index is -0.0402. The van der Waals surface area contributed by atoms with Crippen molar-refractivity contribution in [1.29, 1.82) is 0 Å². The fourth-order valence-corrected chi connectivity index (χ4v) is 2.96. The Balaban J connectivity index is 1.71. The van der Waals surface area contributed by atoms with Crippen molar-refractivity contribution in [3.05, 3.63) is 29.2 Å². The minimum Gasteiger partial charge on any atom is -0.410 e. The van der Waals surface area contributed by atoms with Gasteiger partial charge in [-0.2, -0.15) is 4.98 Å². The normalized spacial score (nSPS) is 13.0. The molecule has 0 fully saturated rings. The van der Waals surface area contributed by atoms with Gasteiger partial charge in [-0.15, -0.1) is 21.5 Å². The van der Waals surface area contributed by atoms with Crippen LogP contribution < -0.4 is 0 Å². The summed E-state index contributed by atoms with van der Waals surface area (Å²) in [5.74, 6) is 2.06. The zero-order valence-corrected chi connectivity index (χ0v) is 13.4. The lowest BCUT2D eigenvalue weighted by Crippen LogP contribution is -1.92. The van der Waals surface area contributed by atoms with E-state index in [4.69, 9.17) is 8.94 Å². The van der Waals surface area contributed by atoms with Gasteiger partial charge in [-0.25, -0.2) is 0 Å². The number of rotatable bonds is 5. The van der Waals surface area contributed by atoms with Crippen LogP contribution in [0, 0.1) is 0 Å². The van der Waals surface area contributed by atoms with E-state index < -0.39 is 0 Å². The van der Waals surface area contributed by atoms with Crippen LogP contribution in [0.5, 0.6) is 0 Å². The average Bonchev–Trinajstić information content (AvgIpc) is 3.19. The van der Waals surface area contributed by atoms with Crippen LogP contribution in [0.4, 0.5) is 0 Å². The van der Waals surface area contributed by atoms with Crippen molar-refractivity contribution < 1.29 is 8.94 Å². The number of hydrogen-bond donors (Lipinski definition) is 0. The fourth-order valence-electron chi connectivity index (χ4n) is 1.61. The molecule has 6 nitrogen and oxygen atoms in total. The summed E-state index contributed by atoms with van der Waals surface area (Å²) >= 11 is 2.97. The van der Waals surface area contributed by atoms with E-state index in [1.165, 1.54) is 11.8 Å². The smallest absolute Gasteiger partial charge is 0.277 e. The van der Waals surface area contributed by atoms with Crippen molar-refractivity contribution in [2.45, 2.75) is 37.2 Å². The standard InChI is InChI=1S/C13H14N4O2S2/c1-7(2)10-14-11(19-17-10)8(3)21-13-16-15-12(18-13)9-5-4-6-20-9/h4-8H,1-3H3. The molecule has 0 aliphatic rings. The molecule has 1 atom stereocenters. The van der Waals surface area contributed by atoms with Crippen molar-refractivity contribution in [2.24, 2.45) is 0 Å². The molecule has 0 saturated heterocycles. The summed E-state index contributed by atoms with van der Waals surface area (Å²) in [7, 11) is 0. The molecule has 0 saturated carbocycles. The maximum absolute atomic E-state index is 5.64. The zero-order valence-electron chi connectivity index (χ0n) is 11.8. The van der Waals surface area contributed by atoms with Gasteiger partial charge in [-0.05, 0) is 18.4 Å². The first-order valence-electron chi connectivity index (χ1n) is 6.51. The monoisotopic (exact) mass is 322 g/mol. The van der Waals surface area contributed by atoms with E-state index in [0.29, 0.717) is 22.8 Å². The summed E-state index contributed by atoms with van der Waals surface area (Å²) in [6.07, 6.45) is 0. The predicted octanol–water partition coefficient (Wildman–Crippen LogP) is 4.16. The minimum absolute atomic E-state index is 0.0402. The Morgan fingerprint density at radius 2 is 2.10 bits per heavy atom. The number of aromatic nitrogens is 4. The molecule has 0 bridgehead atoms. The van der Waals surface area contributed by atoms with Gasteiger partial charge in [0, 0.05) is 5.92 Å². The number of thiophene rings is 1. The summed E-state index contributed by atoms with van der Waals surface area (Å²) in [5.41, 5.74) is 0. The Hall–Kier alpha value is -1.67. The van der Waals surface area contributed by atoms with E-state index in [1.807, 2.05) is 38.3 Å². The van der Waals surface area contributed by atoms with E-state index in [2.05, 4.69) is 20.3 Å². The van der Waals surface area contributed by atoms with Gasteiger partial charge in [0.25, 0.3) is 11.1 Å². The van der Waals surface area contributed by atoms with Crippen molar-refractivity contribution >= 4 is 23.1 Å². The van der Waals surface area contributed by atoms with Gasteiger partial charge in [0.1, 0.15) is 0 Å². The first-order valence-corrected chi connectivity index (χ1v) is 8.27. The van der Waals surface area contributed by atoms with Gasteiger partial charge in [0.2, 0.25) is 5.89 Å². The van der Waals surface area contributed by atoms with E-state index in [-0.39, 0.29) is 11.2 Å². The lowest BCUT2D eigenvalue weighted by molar-refractivity contribution is 0.372. The maximum atomic E-state index is 5.64. The van der Waals surface area contributed by atoms with Crippen molar-refractivity contribution in [3.8, 4) is 10.8 Å². The van der Waals surface area contributed by atoms with Gasteiger partial charge in [-0.3, -0.25) is 0 Å². The molecule has 0 amide bonds. The molecule has 110 valence electrons. The molecule has 0 spiro atoms. The SMILES string of the molecule is CC(C)c1noc(C(C)Sc2nnc(-c3cccs3)o2)n1. The molecule has 0 aromatic carbocycles. The lowest BCUT2D eigenvalue weighted by Gasteiger charge is -2.00. The average molecular weight is 322 g/mol. The molecule has 3 aromatic rings. The second kappa shape index (κ2) is 5.98. The Morgan fingerprint density at radius 3 is 2.76 bits per heavy atom. The summed E-state index contributed by atoms with van der Waals surface area (Å²) in [5, 5.41) is 14.5. The summed E-state index contributed by atoms with van der Waals surface area (Å²) in [4.78, 5) is 5.34. The second-order valence-electron chi connectivity index (χ2n) is 4.76. The van der Waals surface area contributed by atoms with Gasteiger partial charge in [0.05, 0.1) is 10.1 Å². The van der Waals surface area contributed by atoms with E-state index in [9.17, 15) is 0 Å². The summed E-state index contributed by atoms with van der Waals surface area (Å²) in [6.45, 7) is 6.02. The lowest BCUT2D eigenvalue weighted by atomic mass is 10.2. The molecule has 0 aliphatic carbocycles. The van der Waals surface area contributed by atoms with E-state index >= 15 is 0 Å². The highest BCUT2D eigenvalue weighted by Gasteiger charge is 2.20. The third-order valence-electron chi connectivity index (χ3n) is 2.74. The van der Waals surface area contributed by atoms with Crippen LogP contribution in [0.1, 0.15) is 43.7 Å². The highest BCUT2D eigenvalue weighted by atomic mass is 32.2. The molecule has 8 heteroatoms. The van der Waals surface area contributed by atoms with Crippen molar-refractivity contribution in [1.82, 2.24) is 20.3 Å². The highest BCUT2D eigenvalue weighted by Crippen LogP contribution is 2.35. The first kappa shape index (κ1) is 14.3. The molecule has 0 aliphatic heterocycles. The molecule has 3 rings (SSSR count). The van der Waals surface area contributed by atoms with Crippen LogP contribution >= 0.6 is 23.1 Å². The van der Waals surface area contributed by atoms with E-state index in [0.717, 1.165) is 4.88 Å². The van der Waals surface area contributed by atoms with Gasteiger partial charge in [-0.1, -0.05) is 36.8 Å². The zero-order chi connectivity index (χ0) is 14.8. The highest BCUT2D eigenvalue weighted by molar-refractivity contribution is 7.99. The Labute approximate surface area is 130 Å². The van der Waals surface area contributed by atoms with Crippen molar-refractivity contribution in [3.63, 3.8) is 0 Å². The summed E-state index contributed by atoms with van der Waals surface area (Å²) < 4.78 is 10.9. The Morgan fingerprint density at radius 1 is 1.24 bits per heavy atom. The predicted molar refractivity (Wildman–Crippen MR) is 80.3 cm³/mol. The molecule has 3 heterocycles.